The number of esters is 2. The van der Waals surface area contributed by atoms with Crippen LogP contribution in [0.2, 0.25) is 0 Å². The zero-order valence-electron chi connectivity index (χ0n) is 15.6. The van der Waals surface area contributed by atoms with Gasteiger partial charge in [-0.05, 0) is 64.0 Å². The predicted octanol–water partition coefficient (Wildman–Crippen LogP) is 4.61. The van der Waals surface area contributed by atoms with Gasteiger partial charge in [0.2, 0.25) is 0 Å². The van der Waals surface area contributed by atoms with Crippen molar-refractivity contribution in [1.29, 1.82) is 0 Å². The Morgan fingerprint density at radius 1 is 1.13 bits per heavy atom. The summed E-state index contributed by atoms with van der Waals surface area (Å²) in [5.74, 6) is -0.141. The summed E-state index contributed by atoms with van der Waals surface area (Å²) in [6, 6.07) is 15.2. The van der Waals surface area contributed by atoms with Crippen LogP contribution in [0.4, 0.5) is 0 Å². The Bertz CT molecular complexity index is 1170. The summed E-state index contributed by atoms with van der Waals surface area (Å²) >= 11 is 3.39. The largest absolute Gasteiger partial charge is 0.493 e. The van der Waals surface area contributed by atoms with Crippen LogP contribution in [0.5, 0.6) is 11.5 Å². The van der Waals surface area contributed by atoms with Crippen LogP contribution in [0.15, 0.2) is 80.4 Å². The number of rotatable bonds is 5. The topological polar surface area (TPSA) is 87.3 Å². The van der Waals surface area contributed by atoms with Gasteiger partial charge in [0, 0.05) is 0 Å². The molecule has 3 aromatic rings. The van der Waals surface area contributed by atoms with Gasteiger partial charge in [-0.25, -0.2) is 14.6 Å². The molecule has 0 saturated heterocycles. The molecule has 0 bridgehead atoms. The lowest BCUT2D eigenvalue weighted by atomic mass is 10.1. The standard InChI is InChI=1S/C22H14BrNO6/c1-27-18-12-13(11-16-22(26)30-20(24-16)17-8-5-9-28-17)10-15(23)19(18)29-21(25)14-6-3-2-4-7-14/h2-12H,1H3/b16-11-. The van der Waals surface area contributed by atoms with Crippen molar-refractivity contribution in [3.63, 3.8) is 0 Å². The number of furan rings is 1. The number of aliphatic imine (C=N–C) groups is 1. The highest BCUT2D eigenvalue weighted by Crippen LogP contribution is 2.38. The first-order chi connectivity index (χ1) is 14.5. The van der Waals surface area contributed by atoms with E-state index in [1.807, 2.05) is 6.07 Å². The first-order valence-corrected chi connectivity index (χ1v) is 9.55. The van der Waals surface area contributed by atoms with Gasteiger partial charge in [-0.2, -0.15) is 0 Å². The quantitative estimate of drug-likeness (QED) is 0.309. The second-order valence-electron chi connectivity index (χ2n) is 6.10. The van der Waals surface area contributed by atoms with E-state index < -0.39 is 11.9 Å². The molecule has 0 unspecified atom stereocenters. The lowest BCUT2D eigenvalue weighted by Gasteiger charge is -2.12. The van der Waals surface area contributed by atoms with Crippen LogP contribution in [0.3, 0.4) is 0 Å². The molecule has 7 nitrogen and oxygen atoms in total. The second kappa shape index (κ2) is 8.38. The minimum absolute atomic E-state index is 0.0932. The average molecular weight is 468 g/mol. The molecule has 1 aliphatic heterocycles. The molecule has 4 rings (SSSR count). The number of hydrogen-bond donors (Lipinski definition) is 0. The number of benzene rings is 2. The summed E-state index contributed by atoms with van der Waals surface area (Å²) in [5, 5.41) is 0. The van der Waals surface area contributed by atoms with E-state index in [0.29, 0.717) is 27.1 Å². The lowest BCUT2D eigenvalue weighted by Crippen LogP contribution is -2.09. The highest BCUT2D eigenvalue weighted by Gasteiger charge is 2.26. The van der Waals surface area contributed by atoms with Crippen LogP contribution in [0.25, 0.3) is 6.08 Å². The number of cyclic esters (lactones) is 1. The minimum atomic E-state index is -0.601. The van der Waals surface area contributed by atoms with Gasteiger partial charge in [-0.15, -0.1) is 0 Å². The van der Waals surface area contributed by atoms with Crippen LogP contribution in [0.1, 0.15) is 21.7 Å². The number of carbonyl (C=O) groups excluding carboxylic acids is 2. The van der Waals surface area contributed by atoms with E-state index in [4.69, 9.17) is 18.6 Å². The third kappa shape index (κ3) is 4.04. The Morgan fingerprint density at radius 2 is 1.93 bits per heavy atom. The molecular weight excluding hydrogens is 454 g/mol. The zero-order chi connectivity index (χ0) is 21.1. The van der Waals surface area contributed by atoms with E-state index in [0.717, 1.165) is 0 Å². The average Bonchev–Trinajstić information content (AvgIpc) is 3.40. The molecule has 0 fully saturated rings. The van der Waals surface area contributed by atoms with Crippen molar-refractivity contribution < 1.29 is 28.2 Å². The minimum Gasteiger partial charge on any atom is -0.493 e. The van der Waals surface area contributed by atoms with Crippen molar-refractivity contribution in [3.8, 4) is 11.5 Å². The molecule has 0 amide bonds. The number of ether oxygens (including phenoxy) is 3. The normalized spacial score (nSPS) is 14.4. The van der Waals surface area contributed by atoms with E-state index in [1.165, 1.54) is 19.4 Å². The molecule has 2 aromatic carbocycles. The highest BCUT2D eigenvalue weighted by molar-refractivity contribution is 9.10. The van der Waals surface area contributed by atoms with E-state index in [2.05, 4.69) is 20.9 Å². The van der Waals surface area contributed by atoms with Gasteiger partial charge < -0.3 is 18.6 Å². The van der Waals surface area contributed by atoms with Gasteiger partial charge in [0.25, 0.3) is 5.90 Å². The van der Waals surface area contributed by atoms with Crippen molar-refractivity contribution >= 4 is 39.8 Å². The van der Waals surface area contributed by atoms with Crippen molar-refractivity contribution in [2.45, 2.75) is 0 Å². The molecular formula is C22H14BrNO6. The first kappa shape index (κ1) is 19.7. The van der Waals surface area contributed by atoms with Crippen LogP contribution in [0, 0.1) is 0 Å². The maximum absolute atomic E-state index is 12.4. The Hall–Kier alpha value is -3.65. The fourth-order valence-corrected chi connectivity index (χ4v) is 3.26. The molecule has 0 N–H and O–H groups in total. The maximum Gasteiger partial charge on any atom is 0.363 e. The fraction of sp³-hybridized carbons (Fsp3) is 0.0455. The van der Waals surface area contributed by atoms with Crippen molar-refractivity contribution in [2.24, 2.45) is 4.99 Å². The van der Waals surface area contributed by atoms with Crippen LogP contribution < -0.4 is 9.47 Å². The van der Waals surface area contributed by atoms with E-state index >= 15 is 0 Å². The monoisotopic (exact) mass is 467 g/mol. The third-order valence-electron chi connectivity index (χ3n) is 4.11. The molecule has 0 saturated carbocycles. The molecule has 150 valence electrons. The number of methoxy groups -OCH3 is 1. The Kier molecular flexibility index (Phi) is 5.49. The number of carbonyl (C=O) groups is 2. The zero-order valence-corrected chi connectivity index (χ0v) is 17.2. The summed E-state index contributed by atoms with van der Waals surface area (Å²) in [6.07, 6.45) is 3.00. The lowest BCUT2D eigenvalue weighted by molar-refractivity contribution is -0.130. The SMILES string of the molecule is COc1cc(/C=C2\N=C(c3ccco3)OC2=O)cc(Br)c1OC(=O)c1ccccc1. The molecule has 30 heavy (non-hydrogen) atoms. The number of hydrogen-bond acceptors (Lipinski definition) is 7. The molecule has 0 spiro atoms. The summed E-state index contributed by atoms with van der Waals surface area (Å²) in [4.78, 5) is 28.7. The van der Waals surface area contributed by atoms with Crippen molar-refractivity contribution in [3.05, 3.63) is 87.9 Å². The van der Waals surface area contributed by atoms with Gasteiger partial charge >= 0.3 is 11.9 Å². The molecule has 0 aliphatic carbocycles. The molecule has 0 radical (unpaired) electrons. The smallest absolute Gasteiger partial charge is 0.363 e. The fourth-order valence-electron chi connectivity index (χ4n) is 2.72. The van der Waals surface area contributed by atoms with Gasteiger partial charge in [-0.3, -0.25) is 0 Å². The third-order valence-corrected chi connectivity index (χ3v) is 4.70. The summed E-state index contributed by atoms with van der Waals surface area (Å²) < 4.78 is 21.7. The van der Waals surface area contributed by atoms with E-state index in [-0.39, 0.29) is 17.3 Å². The van der Waals surface area contributed by atoms with Gasteiger partial charge in [0.05, 0.1) is 23.4 Å². The molecule has 2 heterocycles. The van der Waals surface area contributed by atoms with Crippen LogP contribution >= 0.6 is 15.9 Å². The molecule has 1 aliphatic rings. The Balaban J connectivity index is 1.63. The number of nitrogens with zero attached hydrogens (tertiary/aromatic N) is 1. The maximum atomic E-state index is 12.4. The highest BCUT2D eigenvalue weighted by atomic mass is 79.9. The second-order valence-corrected chi connectivity index (χ2v) is 6.96. The first-order valence-electron chi connectivity index (χ1n) is 8.76. The van der Waals surface area contributed by atoms with Crippen LogP contribution in [-0.4, -0.2) is 24.9 Å². The predicted molar refractivity (Wildman–Crippen MR) is 111 cm³/mol. The van der Waals surface area contributed by atoms with Gasteiger partial charge in [-0.1, -0.05) is 18.2 Å². The van der Waals surface area contributed by atoms with E-state index in [9.17, 15) is 9.59 Å². The summed E-state index contributed by atoms with van der Waals surface area (Å²) in [7, 11) is 1.45. The number of halogens is 1. The Labute approximate surface area is 179 Å². The molecule has 1 aromatic heterocycles. The van der Waals surface area contributed by atoms with Crippen molar-refractivity contribution in [2.75, 3.05) is 7.11 Å². The van der Waals surface area contributed by atoms with Crippen LogP contribution in [-0.2, 0) is 9.53 Å². The molecule has 0 atom stereocenters. The van der Waals surface area contributed by atoms with Gasteiger partial charge in [0.1, 0.15) is 0 Å². The summed E-state index contributed by atoms with van der Waals surface area (Å²) in [5.41, 5.74) is 1.10. The Morgan fingerprint density at radius 3 is 2.63 bits per heavy atom. The summed E-state index contributed by atoms with van der Waals surface area (Å²) in [6.45, 7) is 0. The van der Waals surface area contributed by atoms with Gasteiger partial charge in [0.15, 0.2) is 23.0 Å². The van der Waals surface area contributed by atoms with Crippen molar-refractivity contribution in [1.82, 2.24) is 0 Å². The molecule has 8 heteroatoms. The van der Waals surface area contributed by atoms with E-state index in [1.54, 1.807) is 48.5 Å².